The second kappa shape index (κ2) is 8.50. The first-order valence-electron chi connectivity index (χ1n) is 11.1. The zero-order chi connectivity index (χ0) is 22.9. The van der Waals surface area contributed by atoms with Crippen LogP contribution < -0.4 is 10.5 Å². The Labute approximate surface area is 190 Å². The van der Waals surface area contributed by atoms with Gasteiger partial charge in [-0.1, -0.05) is 48.5 Å². The topological polar surface area (TPSA) is 86.4 Å². The van der Waals surface area contributed by atoms with E-state index in [0.717, 1.165) is 16.5 Å². The Balaban J connectivity index is 1.37. The van der Waals surface area contributed by atoms with Crippen LogP contribution >= 0.6 is 0 Å². The largest absolute Gasteiger partial charge is 0.335 e. The maximum absolute atomic E-state index is 13.3. The number of amides is 2. The lowest BCUT2D eigenvalue weighted by Crippen LogP contribution is -2.37. The van der Waals surface area contributed by atoms with Crippen LogP contribution in [-0.2, 0) is 16.1 Å². The monoisotopic (exact) mass is 440 g/mol. The average Bonchev–Trinajstić information content (AvgIpc) is 3.23. The minimum atomic E-state index is -0.441. The number of rotatable bonds is 5. The molecule has 0 saturated carbocycles. The molecule has 0 bridgehead atoms. The molecule has 0 spiro atoms. The van der Waals surface area contributed by atoms with E-state index in [0.29, 0.717) is 29.8 Å². The predicted octanol–water partition coefficient (Wildman–Crippen LogP) is 3.48. The summed E-state index contributed by atoms with van der Waals surface area (Å²) in [4.78, 5) is 49.3. The molecular weight excluding hydrogens is 416 g/mol. The van der Waals surface area contributed by atoms with Gasteiger partial charge in [0.15, 0.2) is 0 Å². The number of anilines is 1. The maximum Gasteiger partial charge on any atom is 0.258 e. The summed E-state index contributed by atoms with van der Waals surface area (Å²) in [5, 5.41) is 2.56. The number of H-pyrrole nitrogens is 1. The number of hydrogen-bond acceptors (Lipinski definition) is 4. The number of aromatic nitrogens is 2. The van der Waals surface area contributed by atoms with Crippen molar-refractivity contribution in [3.05, 3.63) is 82.9 Å². The third-order valence-electron chi connectivity index (χ3n) is 6.23. The molecule has 1 aromatic heterocycles. The smallest absolute Gasteiger partial charge is 0.258 e. The lowest BCUT2D eigenvalue weighted by atomic mass is 10.1. The summed E-state index contributed by atoms with van der Waals surface area (Å²) in [7, 11) is 0. The Bertz CT molecular complexity index is 1420. The minimum Gasteiger partial charge on any atom is -0.335 e. The first kappa shape index (κ1) is 20.9. The van der Waals surface area contributed by atoms with Gasteiger partial charge in [-0.25, -0.2) is 4.98 Å². The molecule has 33 heavy (non-hydrogen) atoms. The van der Waals surface area contributed by atoms with Crippen LogP contribution in [0.1, 0.15) is 19.2 Å². The Hall–Kier alpha value is -4.00. The number of nitrogens with one attached hydrogen (secondary N) is 1. The standard InChI is InChI=1S/C26H24N4O3/c1-2-29(16-23-27-21-12-6-5-11-20(21)25(32)28-23)26(33)18-14-24(31)30(15-18)22-13-7-9-17-8-3-4-10-19(17)22/h3-13,18H,2,14-16H2,1H3,(H,27,28,32)/t18-/m1/s1. The van der Waals surface area contributed by atoms with E-state index in [1.807, 2.05) is 55.5 Å². The molecule has 2 amide bonds. The van der Waals surface area contributed by atoms with Gasteiger partial charge in [0.25, 0.3) is 5.56 Å². The van der Waals surface area contributed by atoms with Gasteiger partial charge in [-0.3, -0.25) is 14.4 Å². The molecule has 1 saturated heterocycles. The number of carbonyl (C=O) groups excluding carboxylic acids is 2. The average molecular weight is 441 g/mol. The SMILES string of the molecule is CCN(Cc1nc2ccccc2c(=O)[nH]1)C(=O)[C@@H]1CC(=O)N(c2cccc3ccccc23)C1. The minimum absolute atomic E-state index is 0.0574. The van der Waals surface area contributed by atoms with Crippen molar-refractivity contribution >= 4 is 39.2 Å². The fourth-order valence-corrected chi connectivity index (χ4v) is 4.54. The van der Waals surface area contributed by atoms with E-state index in [2.05, 4.69) is 9.97 Å². The van der Waals surface area contributed by atoms with E-state index in [1.165, 1.54) is 0 Å². The van der Waals surface area contributed by atoms with Gasteiger partial charge in [-0.2, -0.15) is 0 Å². The molecular formula is C26H24N4O3. The first-order valence-corrected chi connectivity index (χ1v) is 11.1. The summed E-state index contributed by atoms with van der Waals surface area (Å²) in [5.41, 5.74) is 1.20. The summed E-state index contributed by atoms with van der Waals surface area (Å²) in [6, 6.07) is 20.9. The molecule has 166 valence electrons. The second-order valence-corrected chi connectivity index (χ2v) is 8.29. The summed E-state index contributed by atoms with van der Waals surface area (Å²) in [6.07, 6.45) is 0.167. The highest BCUT2D eigenvalue weighted by atomic mass is 16.2. The van der Waals surface area contributed by atoms with Gasteiger partial charge in [0.1, 0.15) is 5.82 Å². The van der Waals surface area contributed by atoms with Crippen molar-refractivity contribution < 1.29 is 9.59 Å². The van der Waals surface area contributed by atoms with Gasteiger partial charge in [-0.15, -0.1) is 0 Å². The lowest BCUT2D eigenvalue weighted by Gasteiger charge is -2.24. The van der Waals surface area contributed by atoms with Crippen molar-refractivity contribution in [3.8, 4) is 0 Å². The summed E-state index contributed by atoms with van der Waals surface area (Å²) < 4.78 is 0. The number of aromatic amines is 1. The van der Waals surface area contributed by atoms with E-state index in [4.69, 9.17) is 0 Å². The van der Waals surface area contributed by atoms with E-state index < -0.39 is 5.92 Å². The molecule has 0 unspecified atom stereocenters. The molecule has 4 aromatic rings. The number of para-hydroxylation sites is 1. The van der Waals surface area contributed by atoms with Crippen molar-refractivity contribution in [3.63, 3.8) is 0 Å². The van der Waals surface area contributed by atoms with Gasteiger partial charge in [0.05, 0.1) is 29.1 Å². The molecule has 1 aliphatic rings. The van der Waals surface area contributed by atoms with E-state index in [1.54, 1.807) is 28.0 Å². The van der Waals surface area contributed by atoms with Crippen molar-refractivity contribution in [2.75, 3.05) is 18.0 Å². The zero-order valence-corrected chi connectivity index (χ0v) is 18.3. The highest BCUT2D eigenvalue weighted by Gasteiger charge is 2.37. The lowest BCUT2D eigenvalue weighted by molar-refractivity contribution is -0.136. The number of carbonyl (C=O) groups is 2. The Morgan fingerprint density at radius 1 is 1.03 bits per heavy atom. The van der Waals surface area contributed by atoms with Crippen molar-refractivity contribution in [1.29, 1.82) is 0 Å². The molecule has 2 heterocycles. The molecule has 1 aliphatic heterocycles. The van der Waals surface area contributed by atoms with Crippen molar-refractivity contribution in [1.82, 2.24) is 14.9 Å². The number of fused-ring (bicyclic) bond motifs is 2. The fourth-order valence-electron chi connectivity index (χ4n) is 4.54. The Morgan fingerprint density at radius 3 is 2.58 bits per heavy atom. The highest BCUT2D eigenvalue weighted by Crippen LogP contribution is 2.32. The van der Waals surface area contributed by atoms with Crippen LogP contribution in [0.4, 0.5) is 5.69 Å². The molecule has 0 aliphatic carbocycles. The van der Waals surface area contributed by atoms with Crippen LogP contribution in [0.15, 0.2) is 71.5 Å². The third kappa shape index (κ3) is 3.86. The third-order valence-corrected chi connectivity index (χ3v) is 6.23. The normalized spacial score (nSPS) is 16.0. The van der Waals surface area contributed by atoms with Crippen LogP contribution in [0.5, 0.6) is 0 Å². The van der Waals surface area contributed by atoms with Crippen molar-refractivity contribution in [2.45, 2.75) is 19.9 Å². The van der Waals surface area contributed by atoms with Crippen LogP contribution in [0.2, 0.25) is 0 Å². The molecule has 5 rings (SSSR count). The first-order chi connectivity index (χ1) is 16.0. The number of nitrogens with zero attached hydrogens (tertiary/aromatic N) is 3. The maximum atomic E-state index is 13.3. The molecule has 3 aromatic carbocycles. The molecule has 7 heteroatoms. The molecule has 1 N–H and O–H groups in total. The zero-order valence-electron chi connectivity index (χ0n) is 18.3. The highest BCUT2D eigenvalue weighted by molar-refractivity contribution is 6.07. The Morgan fingerprint density at radius 2 is 1.76 bits per heavy atom. The molecule has 1 atom stereocenters. The summed E-state index contributed by atoms with van der Waals surface area (Å²) in [5.74, 6) is -0.171. The van der Waals surface area contributed by atoms with E-state index >= 15 is 0 Å². The van der Waals surface area contributed by atoms with Crippen molar-refractivity contribution in [2.24, 2.45) is 5.92 Å². The predicted molar refractivity (Wildman–Crippen MR) is 128 cm³/mol. The summed E-state index contributed by atoms with van der Waals surface area (Å²) >= 11 is 0. The summed E-state index contributed by atoms with van der Waals surface area (Å²) in [6.45, 7) is 2.86. The van der Waals surface area contributed by atoms with E-state index in [-0.39, 0.29) is 30.3 Å². The number of benzene rings is 3. The van der Waals surface area contributed by atoms with Crippen LogP contribution in [-0.4, -0.2) is 39.8 Å². The quantitative estimate of drug-likeness (QED) is 0.515. The van der Waals surface area contributed by atoms with E-state index in [9.17, 15) is 14.4 Å². The van der Waals surface area contributed by atoms with Gasteiger partial charge in [-0.05, 0) is 30.5 Å². The van der Waals surface area contributed by atoms with Gasteiger partial charge in [0.2, 0.25) is 11.8 Å². The molecule has 1 fully saturated rings. The van der Waals surface area contributed by atoms with Crippen LogP contribution in [0, 0.1) is 5.92 Å². The van der Waals surface area contributed by atoms with Gasteiger partial charge >= 0.3 is 0 Å². The molecule has 0 radical (unpaired) electrons. The fraction of sp³-hybridized carbons (Fsp3) is 0.231. The Kier molecular flexibility index (Phi) is 5.38. The number of hydrogen-bond donors (Lipinski definition) is 1. The molecule has 7 nitrogen and oxygen atoms in total. The second-order valence-electron chi connectivity index (χ2n) is 8.29. The van der Waals surface area contributed by atoms with Gasteiger partial charge < -0.3 is 14.8 Å². The van der Waals surface area contributed by atoms with Gasteiger partial charge in [0, 0.05) is 24.9 Å². The van der Waals surface area contributed by atoms with Crippen LogP contribution in [0.3, 0.4) is 0 Å². The van der Waals surface area contributed by atoms with Crippen LogP contribution in [0.25, 0.3) is 21.7 Å².